The lowest BCUT2D eigenvalue weighted by Crippen LogP contribution is -2.42. The summed E-state index contributed by atoms with van der Waals surface area (Å²) < 4.78 is 5.45. The Morgan fingerprint density at radius 3 is 2.10 bits per heavy atom. The van der Waals surface area contributed by atoms with Gasteiger partial charge in [0.2, 0.25) is 0 Å². The fourth-order valence-electron chi connectivity index (χ4n) is 3.96. The summed E-state index contributed by atoms with van der Waals surface area (Å²) in [5.41, 5.74) is 5.92. The van der Waals surface area contributed by atoms with Crippen molar-refractivity contribution in [2.75, 3.05) is 6.61 Å². The van der Waals surface area contributed by atoms with E-state index in [0.29, 0.717) is 5.56 Å². The van der Waals surface area contributed by atoms with Crippen molar-refractivity contribution in [3.05, 3.63) is 95.1 Å². The fourth-order valence-corrected chi connectivity index (χ4v) is 3.96. The Morgan fingerprint density at radius 2 is 1.55 bits per heavy atom. The number of rotatable bonds is 6. The van der Waals surface area contributed by atoms with Gasteiger partial charge in [0.25, 0.3) is 0 Å². The molecule has 5 nitrogen and oxygen atoms in total. The van der Waals surface area contributed by atoms with Crippen LogP contribution < -0.4 is 5.32 Å². The number of nitrogens with one attached hydrogen (secondary N) is 1. The second-order valence-electron chi connectivity index (χ2n) is 7.41. The molecule has 0 heterocycles. The molecule has 4 rings (SSSR count). The van der Waals surface area contributed by atoms with E-state index in [-0.39, 0.29) is 18.9 Å². The highest BCUT2D eigenvalue weighted by molar-refractivity contribution is 5.81. The van der Waals surface area contributed by atoms with Gasteiger partial charge in [-0.15, -0.1) is 6.42 Å². The van der Waals surface area contributed by atoms with Gasteiger partial charge >= 0.3 is 12.1 Å². The molecule has 0 aliphatic heterocycles. The highest BCUT2D eigenvalue weighted by atomic mass is 16.5. The number of amides is 1. The van der Waals surface area contributed by atoms with E-state index in [1.54, 1.807) is 24.3 Å². The van der Waals surface area contributed by atoms with Crippen LogP contribution in [-0.2, 0) is 16.0 Å². The Kier molecular flexibility index (Phi) is 5.72. The van der Waals surface area contributed by atoms with Gasteiger partial charge in [-0.2, -0.15) is 0 Å². The lowest BCUT2D eigenvalue weighted by Gasteiger charge is -2.17. The monoisotopic (exact) mass is 411 g/mol. The van der Waals surface area contributed by atoms with Gasteiger partial charge in [-0.25, -0.2) is 9.59 Å². The number of hydrogen-bond acceptors (Lipinski definition) is 3. The van der Waals surface area contributed by atoms with Crippen LogP contribution >= 0.6 is 0 Å². The standard InChI is InChI=1S/C26H21NO4/c1-2-17-11-13-18(14-12-17)15-24(25(28)29)27-26(30)31-16-23-21-9-5-3-7-19(21)20-8-4-6-10-22(20)23/h1,3-14,23-24H,15-16H2,(H,27,30)(H,28,29). The van der Waals surface area contributed by atoms with Crippen LogP contribution in [-0.4, -0.2) is 29.8 Å². The van der Waals surface area contributed by atoms with Crippen molar-refractivity contribution in [3.8, 4) is 23.5 Å². The maximum absolute atomic E-state index is 12.4. The first-order valence-electron chi connectivity index (χ1n) is 9.96. The number of aliphatic carboxylic acids is 1. The van der Waals surface area contributed by atoms with Gasteiger partial charge in [-0.05, 0) is 39.9 Å². The number of hydrogen-bond donors (Lipinski definition) is 2. The second kappa shape index (κ2) is 8.76. The predicted octanol–water partition coefficient (Wildman–Crippen LogP) is 4.20. The summed E-state index contributed by atoms with van der Waals surface area (Å²) >= 11 is 0. The average Bonchev–Trinajstić information content (AvgIpc) is 3.11. The third-order valence-electron chi connectivity index (χ3n) is 5.49. The Morgan fingerprint density at radius 1 is 0.968 bits per heavy atom. The smallest absolute Gasteiger partial charge is 0.407 e. The van der Waals surface area contributed by atoms with Crippen LogP contribution in [0.3, 0.4) is 0 Å². The molecule has 1 aliphatic carbocycles. The van der Waals surface area contributed by atoms with E-state index >= 15 is 0 Å². The molecule has 0 saturated heterocycles. The number of carbonyl (C=O) groups excluding carboxylic acids is 1. The summed E-state index contributed by atoms with van der Waals surface area (Å²) in [5.74, 6) is 1.30. The zero-order valence-electron chi connectivity index (χ0n) is 16.7. The van der Waals surface area contributed by atoms with E-state index in [1.807, 2.05) is 36.4 Å². The van der Waals surface area contributed by atoms with E-state index < -0.39 is 18.1 Å². The summed E-state index contributed by atoms with van der Waals surface area (Å²) in [5, 5.41) is 12.0. The third kappa shape index (κ3) is 4.29. The van der Waals surface area contributed by atoms with Gasteiger partial charge in [-0.1, -0.05) is 66.6 Å². The fraction of sp³-hybridized carbons (Fsp3) is 0.154. The largest absolute Gasteiger partial charge is 0.480 e. The Hall–Kier alpha value is -4.04. The van der Waals surface area contributed by atoms with Crippen LogP contribution in [0.4, 0.5) is 4.79 Å². The molecule has 1 amide bonds. The Balaban J connectivity index is 1.42. The van der Waals surface area contributed by atoms with Crippen molar-refractivity contribution in [2.45, 2.75) is 18.4 Å². The van der Waals surface area contributed by atoms with Crippen molar-refractivity contribution < 1.29 is 19.4 Å². The number of carbonyl (C=O) groups is 2. The Labute approximate surface area is 180 Å². The van der Waals surface area contributed by atoms with Crippen LogP contribution in [0.2, 0.25) is 0 Å². The molecule has 0 bridgehead atoms. The van der Waals surface area contributed by atoms with Gasteiger partial charge in [0, 0.05) is 17.9 Å². The minimum Gasteiger partial charge on any atom is -0.480 e. The van der Waals surface area contributed by atoms with E-state index in [2.05, 4.69) is 23.4 Å². The first-order chi connectivity index (χ1) is 15.1. The van der Waals surface area contributed by atoms with Crippen molar-refractivity contribution in [1.29, 1.82) is 0 Å². The zero-order valence-corrected chi connectivity index (χ0v) is 16.7. The summed E-state index contributed by atoms with van der Waals surface area (Å²) in [6.45, 7) is 0.128. The molecule has 3 aromatic carbocycles. The van der Waals surface area contributed by atoms with Crippen molar-refractivity contribution in [2.24, 2.45) is 0 Å². The lowest BCUT2D eigenvalue weighted by atomic mass is 9.98. The summed E-state index contributed by atoms with van der Waals surface area (Å²) in [4.78, 5) is 24.1. The number of benzene rings is 3. The molecule has 0 fully saturated rings. The predicted molar refractivity (Wildman–Crippen MR) is 118 cm³/mol. The van der Waals surface area contributed by atoms with Gasteiger partial charge in [0.05, 0.1) is 0 Å². The SMILES string of the molecule is C#Cc1ccc(CC(NC(=O)OCC2c3ccccc3-c3ccccc32)C(=O)O)cc1. The number of fused-ring (bicyclic) bond motifs is 3. The number of terminal acetylenes is 1. The highest BCUT2D eigenvalue weighted by Crippen LogP contribution is 2.44. The van der Waals surface area contributed by atoms with Gasteiger partial charge in [0.1, 0.15) is 12.6 Å². The van der Waals surface area contributed by atoms with E-state index in [0.717, 1.165) is 27.8 Å². The van der Waals surface area contributed by atoms with Crippen molar-refractivity contribution in [3.63, 3.8) is 0 Å². The number of carboxylic acids is 1. The van der Waals surface area contributed by atoms with Crippen molar-refractivity contribution in [1.82, 2.24) is 5.32 Å². The minimum atomic E-state index is -1.13. The molecule has 0 spiro atoms. The minimum absolute atomic E-state index is 0.0854. The first-order valence-corrected chi connectivity index (χ1v) is 9.96. The first kappa shape index (κ1) is 20.2. The van der Waals surface area contributed by atoms with Crippen LogP contribution in [0.25, 0.3) is 11.1 Å². The Bertz CT molecular complexity index is 1120. The molecule has 0 radical (unpaired) electrons. The zero-order chi connectivity index (χ0) is 21.8. The van der Waals surface area contributed by atoms with Crippen LogP contribution in [0.5, 0.6) is 0 Å². The quantitative estimate of drug-likeness (QED) is 0.596. The molecular weight excluding hydrogens is 390 g/mol. The molecule has 31 heavy (non-hydrogen) atoms. The van der Waals surface area contributed by atoms with Gasteiger partial charge < -0.3 is 15.2 Å². The molecule has 1 unspecified atom stereocenters. The third-order valence-corrected chi connectivity index (χ3v) is 5.49. The van der Waals surface area contributed by atoms with Crippen LogP contribution in [0.1, 0.15) is 28.2 Å². The molecule has 3 aromatic rings. The molecule has 1 atom stereocenters. The molecule has 2 N–H and O–H groups in total. The summed E-state index contributed by atoms with van der Waals surface area (Å²) in [7, 11) is 0. The normalized spacial score (nSPS) is 12.9. The van der Waals surface area contributed by atoms with Gasteiger partial charge in [0.15, 0.2) is 0 Å². The molecule has 0 aromatic heterocycles. The number of ether oxygens (including phenoxy) is 1. The topological polar surface area (TPSA) is 75.6 Å². The molecule has 1 aliphatic rings. The number of carboxylic acid groups (broad SMARTS) is 1. The van der Waals surface area contributed by atoms with Gasteiger partial charge in [-0.3, -0.25) is 0 Å². The van der Waals surface area contributed by atoms with E-state index in [1.165, 1.54) is 0 Å². The van der Waals surface area contributed by atoms with Crippen LogP contribution in [0, 0.1) is 12.3 Å². The molecule has 0 saturated carbocycles. The molecular formula is C26H21NO4. The second-order valence-corrected chi connectivity index (χ2v) is 7.41. The number of alkyl carbamates (subject to hydrolysis) is 1. The summed E-state index contributed by atoms with van der Waals surface area (Å²) in [6.07, 6.45) is 4.72. The van der Waals surface area contributed by atoms with E-state index in [4.69, 9.17) is 11.2 Å². The summed E-state index contributed by atoms with van der Waals surface area (Å²) in [6, 6.07) is 21.9. The maximum atomic E-state index is 12.4. The van der Waals surface area contributed by atoms with E-state index in [9.17, 15) is 14.7 Å². The molecule has 5 heteroatoms. The average molecular weight is 411 g/mol. The maximum Gasteiger partial charge on any atom is 0.407 e. The lowest BCUT2D eigenvalue weighted by molar-refractivity contribution is -0.139. The van der Waals surface area contributed by atoms with Crippen LogP contribution in [0.15, 0.2) is 72.8 Å². The highest BCUT2D eigenvalue weighted by Gasteiger charge is 2.29. The van der Waals surface area contributed by atoms with Crippen molar-refractivity contribution >= 4 is 12.1 Å². The molecule has 154 valence electrons.